The molecule has 0 fully saturated rings. The molecule has 1 amide bonds. The van der Waals surface area contributed by atoms with Crippen LogP contribution in [0.15, 0.2) is 18.2 Å². The number of nitrogens with two attached hydrogens (primary N) is 1. The van der Waals surface area contributed by atoms with Crippen molar-refractivity contribution in [1.82, 2.24) is 5.32 Å². The standard InChI is InChI=1S/C15H23ClN2O2/c1-10(2)18-15(19)7-8-20-14-6-4-5-13(16)12(14)9-11(3)17/h4-6,10-11H,7-9,17H2,1-3H3,(H,18,19). The maximum absolute atomic E-state index is 11.5. The molecule has 0 saturated heterocycles. The Morgan fingerprint density at radius 3 is 2.70 bits per heavy atom. The van der Waals surface area contributed by atoms with Crippen LogP contribution in [0.2, 0.25) is 5.02 Å². The minimum absolute atomic E-state index is 0.00138. The van der Waals surface area contributed by atoms with Crippen LogP contribution < -0.4 is 15.8 Å². The van der Waals surface area contributed by atoms with E-state index in [1.54, 1.807) is 0 Å². The van der Waals surface area contributed by atoms with Crippen LogP contribution >= 0.6 is 11.6 Å². The molecule has 0 bridgehead atoms. The molecule has 4 nitrogen and oxygen atoms in total. The van der Waals surface area contributed by atoms with Gasteiger partial charge in [0.25, 0.3) is 0 Å². The lowest BCUT2D eigenvalue weighted by Crippen LogP contribution is -2.31. The van der Waals surface area contributed by atoms with E-state index in [2.05, 4.69) is 5.32 Å². The Kier molecular flexibility index (Phi) is 6.82. The van der Waals surface area contributed by atoms with Gasteiger partial charge < -0.3 is 15.8 Å². The maximum Gasteiger partial charge on any atom is 0.223 e. The monoisotopic (exact) mass is 298 g/mol. The molecule has 0 aromatic heterocycles. The van der Waals surface area contributed by atoms with E-state index in [1.165, 1.54) is 0 Å². The first kappa shape index (κ1) is 16.8. The van der Waals surface area contributed by atoms with E-state index in [1.807, 2.05) is 39.0 Å². The fraction of sp³-hybridized carbons (Fsp3) is 0.533. The van der Waals surface area contributed by atoms with Crippen molar-refractivity contribution in [2.75, 3.05) is 6.61 Å². The first-order valence-electron chi connectivity index (χ1n) is 6.85. The van der Waals surface area contributed by atoms with E-state index in [-0.39, 0.29) is 18.0 Å². The molecule has 0 aliphatic heterocycles. The second-order valence-electron chi connectivity index (χ2n) is 5.22. The zero-order valence-electron chi connectivity index (χ0n) is 12.3. The highest BCUT2D eigenvalue weighted by Crippen LogP contribution is 2.27. The molecule has 0 aliphatic carbocycles. The van der Waals surface area contributed by atoms with Crippen molar-refractivity contribution in [3.8, 4) is 5.75 Å². The molecule has 1 atom stereocenters. The molecule has 3 N–H and O–H groups in total. The lowest BCUT2D eigenvalue weighted by Gasteiger charge is -2.15. The number of carbonyl (C=O) groups is 1. The Morgan fingerprint density at radius 1 is 1.40 bits per heavy atom. The molecule has 20 heavy (non-hydrogen) atoms. The van der Waals surface area contributed by atoms with Crippen molar-refractivity contribution < 1.29 is 9.53 Å². The zero-order chi connectivity index (χ0) is 15.1. The SMILES string of the molecule is CC(N)Cc1c(Cl)cccc1OCCC(=O)NC(C)C. The molecule has 1 aromatic carbocycles. The lowest BCUT2D eigenvalue weighted by atomic mass is 10.1. The van der Waals surface area contributed by atoms with Crippen molar-refractivity contribution in [2.45, 2.75) is 45.7 Å². The van der Waals surface area contributed by atoms with Gasteiger partial charge in [-0.2, -0.15) is 0 Å². The summed E-state index contributed by atoms with van der Waals surface area (Å²) in [6.07, 6.45) is 0.968. The molecule has 0 spiro atoms. The Hall–Kier alpha value is -1.26. The molecule has 1 unspecified atom stereocenters. The number of carbonyl (C=O) groups excluding carboxylic acids is 1. The fourth-order valence-electron chi connectivity index (χ4n) is 1.84. The Labute approximate surface area is 125 Å². The number of nitrogens with one attached hydrogen (secondary N) is 1. The normalized spacial score (nSPS) is 12.3. The molecule has 1 rings (SSSR count). The van der Waals surface area contributed by atoms with E-state index in [4.69, 9.17) is 22.1 Å². The summed E-state index contributed by atoms with van der Waals surface area (Å²) in [7, 11) is 0. The molecule has 0 radical (unpaired) electrons. The van der Waals surface area contributed by atoms with Gasteiger partial charge in [0.05, 0.1) is 13.0 Å². The number of rotatable bonds is 7. The van der Waals surface area contributed by atoms with Gasteiger partial charge in [0, 0.05) is 22.7 Å². The van der Waals surface area contributed by atoms with Crippen LogP contribution in [-0.4, -0.2) is 24.6 Å². The van der Waals surface area contributed by atoms with Crippen LogP contribution in [0.1, 0.15) is 32.8 Å². The van der Waals surface area contributed by atoms with Gasteiger partial charge in [0.15, 0.2) is 0 Å². The molecule has 112 valence electrons. The van der Waals surface area contributed by atoms with Crippen molar-refractivity contribution in [2.24, 2.45) is 5.73 Å². The third-order valence-corrected chi connectivity index (χ3v) is 2.99. The summed E-state index contributed by atoms with van der Waals surface area (Å²) in [6, 6.07) is 5.64. The quantitative estimate of drug-likeness (QED) is 0.813. The first-order valence-corrected chi connectivity index (χ1v) is 7.23. The molecule has 0 aliphatic rings. The van der Waals surface area contributed by atoms with Crippen LogP contribution in [0.4, 0.5) is 0 Å². The second kappa shape index (κ2) is 8.12. The predicted molar refractivity (Wildman–Crippen MR) is 82.2 cm³/mol. The number of halogens is 1. The van der Waals surface area contributed by atoms with Crippen LogP contribution in [0, 0.1) is 0 Å². The third-order valence-electron chi connectivity index (χ3n) is 2.64. The van der Waals surface area contributed by atoms with Gasteiger partial charge in [-0.3, -0.25) is 4.79 Å². The van der Waals surface area contributed by atoms with Crippen LogP contribution in [-0.2, 0) is 11.2 Å². The van der Waals surface area contributed by atoms with Gasteiger partial charge in [-0.05, 0) is 39.3 Å². The van der Waals surface area contributed by atoms with Gasteiger partial charge in [0.1, 0.15) is 5.75 Å². The molecule has 5 heteroatoms. The molecular weight excluding hydrogens is 276 g/mol. The summed E-state index contributed by atoms with van der Waals surface area (Å²) in [5.74, 6) is 0.683. The Morgan fingerprint density at radius 2 is 2.10 bits per heavy atom. The van der Waals surface area contributed by atoms with Crippen molar-refractivity contribution in [1.29, 1.82) is 0 Å². The molecule has 1 aromatic rings. The number of hydrogen-bond acceptors (Lipinski definition) is 3. The summed E-state index contributed by atoms with van der Waals surface area (Å²) in [5.41, 5.74) is 6.71. The smallest absolute Gasteiger partial charge is 0.223 e. The highest BCUT2D eigenvalue weighted by atomic mass is 35.5. The fourth-order valence-corrected chi connectivity index (χ4v) is 2.09. The van der Waals surface area contributed by atoms with E-state index in [9.17, 15) is 4.79 Å². The van der Waals surface area contributed by atoms with Gasteiger partial charge in [-0.15, -0.1) is 0 Å². The first-order chi connectivity index (χ1) is 9.40. The summed E-state index contributed by atoms with van der Waals surface area (Å²) in [5, 5.41) is 3.47. The van der Waals surface area contributed by atoms with Crippen LogP contribution in [0.3, 0.4) is 0 Å². The Balaban J connectivity index is 2.59. The van der Waals surface area contributed by atoms with Crippen molar-refractivity contribution in [3.05, 3.63) is 28.8 Å². The number of benzene rings is 1. The van der Waals surface area contributed by atoms with Gasteiger partial charge in [-0.1, -0.05) is 17.7 Å². The summed E-state index contributed by atoms with van der Waals surface area (Å²) in [6.45, 7) is 6.10. The highest BCUT2D eigenvalue weighted by molar-refractivity contribution is 6.31. The van der Waals surface area contributed by atoms with Gasteiger partial charge >= 0.3 is 0 Å². The second-order valence-corrected chi connectivity index (χ2v) is 5.63. The Bertz CT molecular complexity index is 447. The highest BCUT2D eigenvalue weighted by Gasteiger charge is 2.11. The van der Waals surface area contributed by atoms with E-state index < -0.39 is 0 Å². The van der Waals surface area contributed by atoms with E-state index >= 15 is 0 Å². The largest absolute Gasteiger partial charge is 0.493 e. The van der Waals surface area contributed by atoms with E-state index in [0.717, 1.165) is 5.56 Å². The van der Waals surface area contributed by atoms with Crippen molar-refractivity contribution in [3.63, 3.8) is 0 Å². The number of hydrogen-bond donors (Lipinski definition) is 2. The molecular formula is C15H23ClN2O2. The van der Waals surface area contributed by atoms with Gasteiger partial charge in [-0.25, -0.2) is 0 Å². The molecule has 0 saturated carbocycles. The minimum atomic E-state index is -0.0178. The summed E-state index contributed by atoms with van der Waals surface area (Å²) >= 11 is 6.17. The van der Waals surface area contributed by atoms with Crippen LogP contribution in [0.5, 0.6) is 5.75 Å². The van der Waals surface area contributed by atoms with Gasteiger partial charge in [0.2, 0.25) is 5.91 Å². The predicted octanol–water partition coefficient (Wildman–Crippen LogP) is 2.52. The van der Waals surface area contributed by atoms with E-state index in [0.29, 0.717) is 30.2 Å². The average molecular weight is 299 g/mol. The number of ether oxygens (including phenoxy) is 1. The summed E-state index contributed by atoms with van der Waals surface area (Å²) in [4.78, 5) is 11.5. The lowest BCUT2D eigenvalue weighted by molar-refractivity contribution is -0.122. The van der Waals surface area contributed by atoms with Crippen molar-refractivity contribution >= 4 is 17.5 Å². The molecule has 0 heterocycles. The maximum atomic E-state index is 11.5. The summed E-state index contributed by atoms with van der Waals surface area (Å²) < 4.78 is 5.67. The number of amides is 1. The topological polar surface area (TPSA) is 64.3 Å². The third kappa shape index (κ3) is 5.80. The zero-order valence-corrected chi connectivity index (χ0v) is 13.0. The average Bonchev–Trinajstić information content (AvgIpc) is 2.32. The van der Waals surface area contributed by atoms with Crippen LogP contribution in [0.25, 0.3) is 0 Å². The minimum Gasteiger partial charge on any atom is -0.493 e.